The van der Waals surface area contributed by atoms with E-state index in [1.165, 1.54) is 6.08 Å². The number of carbonyl (C=O) groups is 1. The van der Waals surface area contributed by atoms with Gasteiger partial charge in [0.2, 0.25) is 0 Å². The van der Waals surface area contributed by atoms with E-state index in [-0.39, 0.29) is 5.91 Å². The molecule has 0 bridgehead atoms. The molecule has 8 heavy (non-hydrogen) atoms. The fourth-order valence-corrected chi connectivity index (χ4v) is 0.273. The third-order valence-electron chi connectivity index (χ3n) is 0.647. The van der Waals surface area contributed by atoms with Gasteiger partial charge in [0.1, 0.15) is 0 Å². The first-order chi connectivity index (χ1) is 3.81. The highest BCUT2D eigenvalue weighted by Gasteiger charge is 1.83. The number of nitrogens with two attached hydrogens (primary N) is 1. The Morgan fingerprint density at radius 2 is 2.50 bits per heavy atom. The first-order valence-electron chi connectivity index (χ1n) is 2.48. The van der Waals surface area contributed by atoms with Crippen molar-refractivity contribution in [2.24, 2.45) is 5.84 Å². The van der Waals surface area contributed by atoms with Crippen LogP contribution in [0, 0.1) is 0 Å². The van der Waals surface area contributed by atoms with Crippen LogP contribution in [0.25, 0.3) is 0 Å². The lowest BCUT2D eigenvalue weighted by Gasteiger charge is -1.86. The van der Waals surface area contributed by atoms with Gasteiger partial charge in [0.05, 0.1) is 0 Å². The van der Waals surface area contributed by atoms with Crippen molar-refractivity contribution in [3.05, 3.63) is 12.2 Å². The second-order valence-electron chi connectivity index (χ2n) is 1.32. The Kier molecular flexibility index (Phi) is 3.88. The van der Waals surface area contributed by atoms with Crippen molar-refractivity contribution < 1.29 is 4.79 Å². The molecule has 0 saturated heterocycles. The van der Waals surface area contributed by atoms with Crippen LogP contribution in [0.3, 0.4) is 0 Å². The molecule has 3 nitrogen and oxygen atoms in total. The van der Waals surface area contributed by atoms with Crippen molar-refractivity contribution >= 4 is 5.91 Å². The van der Waals surface area contributed by atoms with E-state index in [4.69, 9.17) is 5.84 Å². The van der Waals surface area contributed by atoms with E-state index in [0.717, 1.165) is 6.42 Å². The summed E-state index contributed by atoms with van der Waals surface area (Å²) in [6.07, 6.45) is 4.00. The SMILES string of the molecule is CC/C=C/C(=O)NN. The van der Waals surface area contributed by atoms with Crippen molar-refractivity contribution in [3.8, 4) is 0 Å². The summed E-state index contributed by atoms with van der Waals surface area (Å²) in [6.45, 7) is 1.94. The van der Waals surface area contributed by atoms with E-state index in [0.29, 0.717) is 0 Å². The maximum absolute atomic E-state index is 10.2. The minimum Gasteiger partial charge on any atom is -0.291 e. The van der Waals surface area contributed by atoms with Gasteiger partial charge in [-0.1, -0.05) is 13.0 Å². The van der Waals surface area contributed by atoms with Gasteiger partial charge >= 0.3 is 0 Å². The lowest BCUT2D eigenvalue weighted by atomic mass is 10.4. The number of nitrogens with one attached hydrogen (secondary N) is 1. The Balaban J connectivity index is 3.37. The summed E-state index contributed by atoms with van der Waals surface area (Å²) < 4.78 is 0. The molecule has 0 atom stereocenters. The summed E-state index contributed by atoms with van der Waals surface area (Å²) >= 11 is 0. The molecule has 0 spiro atoms. The summed E-state index contributed by atoms with van der Waals surface area (Å²) in [7, 11) is 0. The summed E-state index contributed by atoms with van der Waals surface area (Å²) in [6, 6.07) is 0. The topological polar surface area (TPSA) is 55.1 Å². The van der Waals surface area contributed by atoms with Crippen molar-refractivity contribution in [1.82, 2.24) is 5.43 Å². The van der Waals surface area contributed by atoms with Crippen molar-refractivity contribution in [2.45, 2.75) is 13.3 Å². The van der Waals surface area contributed by atoms with Crippen LogP contribution in [0.1, 0.15) is 13.3 Å². The van der Waals surface area contributed by atoms with E-state index in [1.54, 1.807) is 6.08 Å². The van der Waals surface area contributed by atoms with Gasteiger partial charge in [-0.25, -0.2) is 5.84 Å². The normalized spacial score (nSPS) is 9.75. The zero-order valence-electron chi connectivity index (χ0n) is 4.85. The lowest BCUT2D eigenvalue weighted by molar-refractivity contribution is -0.116. The van der Waals surface area contributed by atoms with Gasteiger partial charge in [0.15, 0.2) is 0 Å². The first-order valence-corrected chi connectivity index (χ1v) is 2.48. The molecule has 0 aromatic heterocycles. The smallest absolute Gasteiger partial charge is 0.257 e. The number of allylic oxidation sites excluding steroid dienone is 1. The predicted octanol–water partition coefficient (Wildman–Crippen LogP) is -0.0575. The third kappa shape index (κ3) is 3.36. The average molecular weight is 114 g/mol. The zero-order valence-corrected chi connectivity index (χ0v) is 4.85. The Bertz CT molecular complexity index is 98.6. The lowest BCUT2D eigenvalue weighted by Crippen LogP contribution is -2.27. The Morgan fingerprint density at radius 3 is 2.88 bits per heavy atom. The van der Waals surface area contributed by atoms with Gasteiger partial charge in [0.25, 0.3) is 5.91 Å². The number of hydrogen-bond donors (Lipinski definition) is 2. The number of amides is 1. The van der Waals surface area contributed by atoms with E-state index in [2.05, 4.69) is 0 Å². The van der Waals surface area contributed by atoms with Crippen LogP contribution in [0.5, 0.6) is 0 Å². The van der Waals surface area contributed by atoms with Crippen LogP contribution in [0.2, 0.25) is 0 Å². The second-order valence-corrected chi connectivity index (χ2v) is 1.32. The minimum absolute atomic E-state index is 0.258. The molecule has 0 saturated carbocycles. The van der Waals surface area contributed by atoms with Gasteiger partial charge < -0.3 is 0 Å². The van der Waals surface area contributed by atoms with Crippen LogP contribution >= 0.6 is 0 Å². The fraction of sp³-hybridized carbons (Fsp3) is 0.400. The molecule has 0 aromatic rings. The average Bonchev–Trinajstić information content (AvgIpc) is 1.83. The number of carbonyl (C=O) groups excluding carboxylic acids is 1. The fourth-order valence-electron chi connectivity index (χ4n) is 0.273. The molecule has 0 unspecified atom stereocenters. The molecule has 0 fully saturated rings. The second kappa shape index (κ2) is 4.33. The number of rotatable bonds is 2. The number of hydrazine groups is 1. The van der Waals surface area contributed by atoms with E-state index >= 15 is 0 Å². The Labute approximate surface area is 48.5 Å². The molecule has 0 heterocycles. The molecule has 0 aromatic carbocycles. The maximum atomic E-state index is 10.2. The molecular formula is C5H10N2O. The monoisotopic (exact) mass is 114 g/mol. The van der Waals surface area contributed by atoms with Gasteiger partial charge in [-0.15, -0.1) is 0 Å². The van der Waals surface area contributed by atoms with E-state index in [9.17, 15) is 4.79 Å². The molecule has 0 aliphatic heterocycles. The van der Waals surface area contributed by atoms with Crippen LogP contribution < -0.4 is 11.3 Å². The first kappa shape index (κ1) is 7.17. The van der Waals surface area contributed by atoms with Gasteiger partial charge in [-0.2, -0.15) is 0 Å². The summed E-state index contributed by atoms with van der Waals surface area (Å²) in [4.78, 5) is 10.2. The third-order valence-corrected chi connectivity index (χ3v) is 0.647. The van der Waals surface area contributed by atoms with Crippen molar-refractivity contribution in [3.63, 3.8) is 0 Å². The highest BCUT2D eigenvalue weighted by molar-refractivity contribution is 5.86. The summed E-state index contributed by atoms with van der Waals surface area (Å²) in [5, 5.41) is 0. The van der Waals surface area contributed by atoms with Crippen LogP contribution in [-0.2, 0) is 4.79 Å². The van der Waals surface area contributed by atoms with Crippen LogP contribution in [-0.4, -0.2) is 5.91 Å². The molecule has 3 heteroatoms. The molecule has 0 aliphatic rings. The molecule has 1 amide bonds. The van der Waals surface area contributed by atoms with E-state index < -0.39 is 0 Å². The standard InChI is InChI=1S/C5H10N2O/c1-2-3-4-5(8)7-6/h3-4H,2,6H2,1H3,(H,7,8)/b4-3+. The molecular weight excluding hydrogens is 104 g/mol. The zero-order chi connectivity index (χ0) is 6.41. The molecule has 46 valence electrons. The van der Waals surface area contributed by atoms with Crippen molar-refractivity contribution in [2.75, 3.05) is 0 Å². The Morgan fingerprint density at radius 1 is 1.88 bits per heavy atom. The van der Waals surface area contributed by atoms with Crippen LogP contribution in [0.4, 0.5) is 0 Å². The van der Waals surface area contributed by atoms with Gasteiger partial charge in [0, 0.05) is 6.08 Å². The van der Waals surface area contributed by atoms with E-state index in [1.807, 2.05) is 12.3 Å². The maximum Gasteiger partial charge on any atom is 0.257 e. The predicted molar refractivity (Wildman–Crippen MR) is 31.8 cm³/mol. The quantitative estimate of drug-likeness (QED) is 0.229. The van der Waals surface area contributed by atoms with Gasteiger partial charge in [-0.05, 0) is 6.42 Å². The molecule has 0 aliphatic carbocycles. The summed E-state index contributed by atoms with van der Waals surface area (Å²) in [5.41, 5.74) is 1.97. The molecule has 3 N–H and O–H groups in total. The van der Waals surface area contributed by atoms with Crippen molar-refractivity contribution in [1.29, 1.82) is 0 Å². The van der Waals surface area contributed by atoms with Crippen LogP contribution in [0.15, 0.2) is 12.2 Å². The minimum atomic E-state index is -0.258. The van der Waals surface area contributed by atoms with Gasteiger partial charge in [-0.3, -0.25) is 10.2 Å². The molecule has 0 rings (SSSR count). The largest absolute Gasteiger partial charge is 0.291 e. The Hall–Kier alpha value is -0.830. The molecule has 0 radical (unpaired) electrons. The number of hydrogen-bond acceptors (Lipinski definition) is 2. The highest BCUT2D eigenvalue weighted by atomic mass is 16.2. The highest BCUT2D eigenvalue weighted by Crippen LogP contribution is 1.76. The summed E-state index contributed by atoms with van der Waals surface area (Å²) in [5.74, 6) is 4.50.